The number of ether oxygens (including phenoxy) is 1. The maximum atomic E-state index is 5.91. The van der Waals surface area contributed by atoms with Crippen LogP contribution < -0.4 is 0 Å². The van der Waals surface area contributed by atoms with E-state index in [1.165, 1.54) is 0 Å². The minimum absolute atomic E-state index is 0.0974. The lowest BCUT2D eigenvalue weighted by atomic mass is 9.94. The first-order valence-electron chi connectivity index (χ1n) is 6.45. The van der Waals surface area contributed by atoms with Crippen molar-refractivity contribution in [1.82, 2.24) is 4.90 Å². The molecule has 0 atom stereocenters. The van der Waals surface area contributed by atoms with Crippen molar-refractivity contribution in [1.29, 1.82) is 0 Å². The van der Waals surface area contributed by atoms with E-state index in [-0.39, 0.29) is 5.41 Å². The molecule has 1 aromatic rings. The monoisotopic (exact) mass is 237 g/mol. The smallest absolute Gasteiger partial charge is 0.118 e. The molecule has 0 saturated carbocycles. The van der Waals surface area contributed by atoms with Gasteiger partial charge in [-0.2, -0.15) is 0 Å². The van der Waals surface area contributed by atoms with Gasteiger partial charge in [0.2, 0.25) is 0 Å². The molecule has 0 unspecified atom stereocenters. The lowest BCUT2D eigenvalue weighted by Gasteiger charge is -2.18. The molecule has 1 aromatic heterocycles. The van der Waals surface area contributed by atoms with Gasteiger partial charge in [-0.3, -0.25) is 4.90 Å². The molecule has 0 N–H and O–H groups in total. The van der Waals surface area contributed by atoms with Crippen molar-refractivity contribution in [3.63, 3.8) is 0 Å². The van der Waals surface area contributed by atoms with Gasteiger partial charge in [0.1, 0.15) is 11.5 Å². The summed E-state index contributed by atoms with van der Waals surface area (Å²) in [5.41, 5.74) is 0.0974. The zero-order chi connectivity index (χ0) is 12.3. The Kier molecular flexibility index (Phi) is 3.89. The van der Waals surface area contributed by atoms with E-state index in [9.17, 15) is 0 Å². The summed E-state index contributed by atoms with van der Waals surface area (Å²) < 4.78 is 11.4. The van der Waals surface area contributed by atoms with Crippen LogP contribution in [0.15, 0.2) is 16.5 Å². The van der Waals surface area contributed by atoms with Crippen molar-refractivity contribution >= 4 is 0 Å². The van der Waals surface area contributed by atoms with E-state index in [2.05, 4.69) is 37.8 Å². The molecular formula is C14H23NO2. The van der Waals surface area contributed by atoms with Crippen molar-refractivity contribution in [2.75, 3.05) is 26.3 Å². The molecule has 0 bridgehead atoms. The van der Waals surface area contributed by atoms with Gasteiger partial charge in [0.25, 0.3) is 0 Å². The average Bonchev–Trinajstić information content (AvgIpc) is 2.56. The van der Waals surface area contributed by atoms with Gasteiger partial charge in [-0.25, -0.2) is 0 Å². The molecule has 1 saturated heterocycles. The fourth-order valence-electron chi connectivity index (χ4n) is 2.04. The first kappa shape index (κ1) is 12.7. The maximum absolute atomic E-state index is 5.91. The van der Waals surface area contributed by atoms with Gasteiger partial charge in [0.15, 0.2) is 0 Å². The van der Waals surface area contributed by atoms with Gasteiger partial charge < -0.3 is 9.15 Å². The summed E-state index contributed by atoms with van der Waals surface area (Å²) in [4.78, 5) is 2.40. The SMILES string of the molecule is CC(C)(C)c1ccc(CN2CCCOCC2)o1. The predicted molar refractivity (Wildman–Crippen MR) is 68.1 cm³/mol. The Hall–Kier alpha value is -0.800. The van der Waals surface area contributed by atoms with Crippen LogP contribution >= 0.6 is 0 Å². The summed E-state index contributed by atoms with van der Waals surface area (Å²) in [6.07, 6.45) is 1.12. The van der Waals surface area contributed by atoms with Crippen LogP contribution in [0.3, 0.4) is 0 Å². The highest BCUT2D eigenvalue weighted by Crippen LogP contribution is 2.24. The van der Waals surface area contributed by atoms with Crippen LogP contribution in [0.4, 0.5) is 0 Å². The topological polar surface area (TPSA) is 25.6 Å². The van der Waals surface area contributed by atoms with Crippen LogP contribution in [-0.4, -0.2) is 31.2 Å². The molecule has 17 heavy (non-hydrogen) atoms. The molecule has 0 spiro atoms. The summed E-state index contributed by atoms with van der Waals surface area (Å²) in [6.45, 7) is 11.3. The summed E-state index contributed by atoms with van der Waals surface area (Å²) in [5, 5.41) is 0. The molecule has 2 rings (SSSR count). The Morgan fingerprint density at radius 2 is 2.00 bits per heavy atom. The maximum Gasteiger partial charge on any atom is 0.118 e. The normalized spacial score (nSPS) is 19.2. The second-order valence-corrected chi connectivity index (χ2v) is 5.76. The molecule has 0 amide bonds. The first-order valence-corrected chi connectivity index (χ1v) is 6.45. The number of nitrogens with zero attached hydrogens (tertiary/aromatic N) is 1. The predicted octanol–water partition coefficient (Wildman–Crippen LogP) is 2.80. The Balaban J connectivity index is 1.96. The van der Waals surface area contributed by atoms with Crippen LogP contribution in [0.2, 0.25) is 0 Å². The molecule has 0 aromatic carbocycles. The molecule has 3 nitrogen and oxygen atoms in total. The van der Waals surface area contributed by atoms with Crippen LogP contribution in [0.5, 0.6) is 0 Å². The molecule has 1 aliphatic rings. The standard InChI is InChI=1S/C14H23NO2/c1-14(2,3)13-6-5-12(17-13)11-15-7-4-9-16-10-8-15/h5-6H,4,7-11H2,1-3H3. The lowest BCUT2D eigenvalue weighted by molar-refractivity contribution is 0.139. The zero-order valence-corrected chi connectivity index (χ0v) is 11.2. The van der Waals surface area contributed by atoms with Gasteiger partial charge in [-0.05, 0) is 18.6 Å². The number of furan rings is 1. The molecule has 2 heterocycles. The van der Waals surface area contributed by atoms with Crippen LogP contribution in [0.25, 0.3) is 0 Å². The summed E-state index contributed by atoms with van der Waals surface area (Å²) >= 11 is 0. The van der Waals surface area contributed by atoms with Crippen LogP contribution in [-0.2, 0) is 16.7 Å². The molecular weight excluding hydrogens is 214 g/mol. The second-order valence-electron chi connectivity index (χ2n) is 5.76. The van der Waals surface area contributed by atoms with E-state index < -0.39 is 0 Å². The van der Waals surface area contributed by atoms with Gasteiger partial charge in [0, 0.05) is 25.1 Å². The molecule has 3 heteroatoms. The number of hydrogen-bond acceptors (Lipinski definition) is 3. The summed E-state index contributed by atoms with van der Waals surface area (Å²) in [5.74, 6) is 2.13. The van der Waals surface area contributed by atoms with Gasteiger partial charge in [0.05, 0.1) is 13.2 Å². The molecule has 1 fully saturated rings. The quantitative estimate of drug-likeness (QED) is 0.791. The highest BCUT2D eigenvalue weighted by atomic mass is 16.5. The Morgan fingerprint density at radius 3 is 2.71 bits per heavy atom. The van der Waals surface area contributed by atoms with Gasteiger partial charge in [-0.1, -0.05) is 20.8 Å². The van der Waals surface area contributed by atoms with Crippen molar-refractivity contribution in [2.24, 2.45) is 0 Å². The second kappa shape index (κ2) is 5.23. The fourth-order valence-corrected chi connectivity index (χ4v) is 2.04. The van der Waals surface area contributed by atoms with Crippen molar-refractivity contribution < 1.29 is 9.15 Å². The van der Waals surface area contributed by atoms with E-state index in [1.807, 2.05) is 0 Å². The number of rotatable bonds is 2. The van der Waals surface area contributed by atoms with E-state index in [0.29, 0.717) is 0 Å². The van der Waals surface area contributed by atoms with Crippen LogP contribution in [0.1, 0.15) is 38.7 Å². The highest BCUT2D eigenvalue weighted by Gasteiger charge is 2.19. The average molecular weight is 237 g/mol. The molecule has 0 aliphatic carbocycles. The van der Waals surface area contributed by atoms with Gasteiger partial charge >= 0.3 is 0 Å². The zero-order valence-electron chi connectivity index (χ0n) is 11.2. The first-order chi connectivity index (χ1) is 8.05. The summed E-state index contributed by atoms with van der Waals surface area (Å²) in [6, 6.07) is 4.20. The minimum Gasteiger partial charge on any atom is -0.464 e. The summed E-state index contributed by atoms with van der Waals surface area (Å²) in [7, 11) is 0. The van der Waals surface area contributed by atoms with Gasteiger partial charge in [-0.15, -0.1) is 0 Å². The van der Waals surface area contributed by atoms with E-state index in [0.717, 1.165) is 50.8 Å². The van der Waals surface area contributed by atoms with Crippen LogP contribution in [0, 0.1) is 0 Å². The third kappa shape index (κ3) is 3.58. The Labute approximate surface area is 104 Å². The Bertz CT molecular complexity index is 343. The van der Waals surface area contributed by atoms with E-state index in [1.54, 1.807) is 0 Å². The number of hydrogen-bond donors (Lipinski definition) is 0. The van der Waals surface area contributed by atoms with E-state index in [4.69, 9.17) is 9.15 Å². The van der Waals surface area contributed by atoms with E-state index >= 15 is 0 Å². The van der Waals surface area contributed by atoms with Crippen molar-refractivity contribution in [3.8, 4) is 0 Å². The molecule has 0 radical (unpaired) electrons. The lowest BCUT2D eigenvalue weighted by Crippen LogP contribution is -2.25. The third-order valence-corrected chi connectivity index (χ3v) is 3.10. The largest absolute Gasteiger partial charge is 0.464 e. The van der Waals surface area contributed by atoms with Crippen molar-refractivity contribution in [2.45, 2.75) is 39.2 Å². The Morgan fingerprint density at radius 1 is 1.18 bits per heavy atom. The molecule has 1 aliphatic heterocycles. The highest BCUT2D eigenvalue weighted by molar-refractivity contribution is 5.14. The third-order valence-electron chi connectivity index (χ3n) is 3.10. The molecule has 96 valence electrons. The fraction of sp³-hybridized carbons (Fsp3) is 0.714. The minimum atomic E-state index is 0.0974. The van der Waals surface area contributed by atoms with Crippen molar-refractivity contribution in [3.05, 3.63) is 23.7 Å².